The Morgan fingerprint density at radius 3 is 1.84 bits per heavy atom. The van der Waals surface area contributed by atoms with Gasteiger partial charge in [-0.05, 0) is 67.3 Å². The zero-order valence-electron chi connectivity index (χ0n) is 18.5. The summed E-state index contributed by atoms with van der Waals surface area (Å²) in [7, 11) is 3.32. The highest BCUT2D eigenvalue weighted by molar-refractivity contribution is 5.43. The molecule has 0 bridgehead atoms. The van der Waals surface area contributed by atoms with Crippen LogP contribution in [0.3, 0.4) is 0 Å². The molecule has 31 heavy (non-hydrogen) atoms. The van der Waals surface area contributed by atoms with Gasteiger partial charge < -0.3 is 14.6 Å². The fraction of sp³-hybridized carbons (Fsp3) is 0.333. The highest BCUT2D eigenvalue weighted by Crippen LogP contribution is 2.41. The van der Waals surface area contributed by atoms with Crippen molar-refractivity contribution in [2.45, 2.75) is 38.0 Å². The number of hydrogen-bond acceptors (Lipinski definition) is 4. The van der Waals surface area contributed by atoms with Crippen molar-refractivity contribution in [1.29, 1.82) is 0 Å². The van der Waals surface area contributed by atoms with E-state index in [1.54, 1.807) is 14.2 Å². The van der Waals surface area contributed by atoms with Crippen LogP contribution >= 0.6 is 0 Å². The fourth-order valence-electron chi connectivity index (χ4n) is 4.66. The molecule has 1 aliphatic rings. The van der Waals surface area contributed by atoms with Crippen LogP contribution in [0, 0.1) is 6.92 Å². The molecule has 1 unspecified atom stereocenters. The van der Waals surface area contributed by atoms with Gasteiger partial charge in [-0.3, -0.25) is 4.90 Å². The maximum Gasteiger partial charge on any atom is 0.130 e. The van der Waals surface area contributed by atoms with Crippen molar-refractivity contribution in [2.24, 2.45) is 0 Å². The summed E-state index contributed by atoms with van der Waals surface area (Å²) >= 11 is 0. The molecule has 1 aliphatic heterocycles. The first-order valence-corrected chi connectivity index (χ1v) is 10.9. The normalized spacial score (nSPS) is 17.0. The molecular weight excluding hydrogens is 386 g/mol. The summed E-state index contributed by atoms with van der Waals surface area (Å²) in [5.41, 5.74) is 3.14. The number of hydrogen-bond donors (Lipinski definition) is 1. The van der Waals surface area contributed by atoms with E-state index < -0.39 is 5.60 Å². The van der Waals surface area contributed by atoms with E-state index in [2.05, 4.69) is 36.1 Å². The molecule has 4 rings (SSSR count). The monoisotopic (exact) mass is 417 g/mol. The second kappa shape index (κ2) is 9.13. The van der Waals surface area contributed by atoms with Crippen LogP contribution in [0.15, 0.2) is 72.8 Å². The Hall–Kier alpha value is -2.82. The van der Waals surface area contributed by atoms with Crippen LogP contribution < -0.4 is 9.47 Å². The molecule has 0 amide bonds. The molecule has 1 fully saturated rings. The molecule has 3 aromatic rings. The predicted octanol–water partition coefficient (Wildman–Crippen LogP) is 4.91. The molecule has 4 nitrogen and oxygen atoms in total. The van der Waals surface area contributed by atoms with Gasteiger partial charge in [-0.2, -0.15) is 0 Å². The predicted molar refractivity (Wildman–Crippen MR) is 124 cm³/mol. The minimum absolute atomic E-state index is 0.0319. The van der Waals surface area contributed by atoms with Crippen molar-refractivity contribution in [1.82, 2.24) is 4.90 Å². The van der Waals surface area contributed by atoms with Crippen LogP contribution in [-0.2, 0) is 12.1 Å². The van der Waals surface area contributed by atoms with E-state index in [1.165, 1.54) is 11.1 Å². The van der Waals surface area contributed by atoms with Crippen molar-refractivity contribution in [2.75, 3.05) is 20.8 Å². The summed E-state index contributed by atoms with van der Waals surface area (Å²) in [5, 5.41) is 12.4. The molecule has 0 saturated carbocycles. The lowest BCUT2D eigenvalue weighted by Crippen LogP contribution is -2.48. The van der Waals surface area contributed by atoms with Gasteiger partial charge in [-0.1, -0.05) is 54.1 Å². The third-order valence-corrected chi connectivity index (χ3v) is 6.41. The van der Waals surface area contributed by atoms with Gasteiger partial charge in [0.1, 0.15) is 17.1 Å². The first-order chi connectivity index (χ1) is 15.0. The number of benzene rings is 3. The summed E-state index contributed by atoms with van der Waals surface area (Å²) in [4.78, 5) is 2.42. The third-order valence-electron chi connectivity index (χ3n) is 6.41. The second-order valence-corrected chi connectivity index (χ2v) is 8.34. The lowest BCUT2D eigenvalue weighted by atomic mass is 9.79. The molecule has 1 atom stereocenters. The van der Waals surface area contributed by atoms with E-state index in [4.69, 9.17) is 9.47 Å². The molecule has 4 heteroatoms. The van der Waals surface area contributed by atoms with E-state index in [0.29, 0.717) is 0 Å². The number of ether oxygens (including phenoxy) is 2. The molecule has 1 heterocycles. The first-order valence-electron chi connectivity index (χ1n) is 10.9. The Balaban J connectivity index is 1.73. The van der Waals surface area contributed by atoms with Gasteiger partial charge in [0, 0.05) is 12.6 Å². The van der Waals surface area contributed by atoms with E-state index >= 15 is 0 Å². The maximum atomic E-state index is 12.4. The average Bonchev–Trinajstić information content (AvgIpc) is 3.29. The van der Waals surface area contributed by atoms with Crippen molar-refractivity contribution < 1.29 is 14.6 Å². The summed E-state index contributed by atoms with van der Waals surface area (Å²) in [5.74, 6) is 1.56. The second-order valence-electron chi connectivity index (χ2n) is 8.34. The van der Waals surface area contributed by atoms with E-state index in [0.717, 1.165) is 48.6 Å². The van der Waals surface area contributed by atoms with Gasteiger partial charge in [0.2, 0.25) is 0 Å². The number of methoxy groups -OCH3 is 2. The van der Waals surface area contributed by atoms with E-state index in [1.807, 2.05) is 48.5 Å². The topological polar surface area (TPSA) is 41.9 Å². The van der Waals surface area contributed by atoms with Crippen LogP contribution in [0.25, 0.3) is 0 Å². The van der Waals surface area contributed by atoms with Crippen LogP contribution in [-0.4, -0.2) is 36.8 Å². The quantitative estimate of drug-likeness (QED) is 0.593. The highest BCUT2D eigenvalue weighted by Gasteiger charge is 2.45. The minimum Gasteiger partial charge on any atom is -0.497 e. The molecule has 3 aromatic carbocycles. The van der Waals surface area contributed by atoms with Crippen LogP contribution in [0.5, 0.6) is 11.5 Å². The molecular formula is C27H31NO3. The zero-order valence-corrected chi connectivity index (χ0v) is 18.5. The molecule has 0 radical (unpaired) electrons. The first kappa shape index (κ1) is 21.4. The smallest absolute Gasteiger partial charge is 0.130 e. The van der Waals surface area contributed by atoms with Gasteiger partial charge in [-0.15, -0.1) is 0 Å². The van der Waals surface area contributed by atoms with Crippen molar-refractivity contribution in [3.8, 4) is 11.5 Å². The Labute approximate surface area is 185 Å². The SMILES string of the molecule is COc1ccc(C(O)(c2ccc(OC)cc2)C2CCCN2Cc2ccc(C)cc2)cc1. The average molecular weight is 418 g/mol. The Morgan fingerprint density at radius 2 is 1.35 bits per heavy atom. The lowest BCUT2D eigenvalue weighted by Gasteiger charge is -2.40. The van der Waals surface area contributed by atoms with Crippen molar-refractivity contribution in [3.63, 3.8) is 0 Å². The van der Waals surface area contributed by atoms with Gasteiger partial charge in [0.25, 0.3) is 0 Å². The minimum atomic E-state index is -1.14. The summed E-state index contributed by atoms with van der Waals surface area (Å²) in [6, 6.07) is 24.2. The Morgan fingerprint density at radius 1 is 0.839 bits per heavy atom. The number of aliphatic hydroxyl groups is 1. The van der Waals surface area contributed by atoms with Gasteiger partial charge in [0.05, 0.1) is 14.2 Å². The largest absolute Gasteiger partial charge is 0.497 e. The zero-order chi connectivity index (χ0) is 21.8. The van der Waals surface area contributed by atoms with Gasteiger partial charge in [0.15, 0.2) is 0 Å². The van der Waals surface area contributed by atoms with Crippen LogP contribution in [0.2, 0.25) is 0 Å². The number of aryl methyl sites for hydroxylation is 1. The Bertz CT molecular complexity index is 933. The third kappa shape index (κ3) is 4.32. The molecule has 162 valence electrons. The standard InChI is InChI=1S/C27H31NO3/c1-20-6-8-21(9-7-20)19-28-18-4-5-26(28)27(29,22-10-14-24(30-2)15-11-22)23-12-16-25(31-3)17-13-23/h6-17,26,29H,4-5,18-19H2,1-3H3. The molecule has 0 aromatic heterocycles. The maximum absolute atomic E-state index is 12.4. The molecule has 1 N–H and O–H groups in total. The molecule has 0 aliphatic carbocycles. The van der Waals surface area contributed by atoms with Crippen molar-refractivity contribution >= 4 is 0 Å². The van der Waals surface area contributed by atoms with Crippen LogP contribution in [0.4, 0.5) is 0 Å². The van der Waals surface area contributed by atoms with Gasteiger partial charge in [-0.25, -0.2) is 0 Å². The number of likely N-dealkylation sites (tertiary alicyclic amines) is 1. The molecule has 1 saturated heterocycles. The lowest BCUT2D eigenvalue weighted by molar-refractivity contribution is -0.00658. The summed E-state index contributed by atoms with van der Waals surface area (Å²) in [6.45, 7) is 3.89. The highest BCUT2D eigenvalue weighted by atomic mass is 16.5. The summed E-state index contributed by atoms with van der Waals surface area (Å²) in [6.07, 6.45) is 1.99. The van der Waals surface area contributed by atoms with Crippen molar-refractivity contribution in [3.05, 3.63) is 95.1 Å². The van der Waals surface area contributed by atoms with Crippen LogP contribution in [0.1, 0.15) is 35.1 Å². The van der Waals surface area contributed by atoms with Gasteiger partial charge >= 0.3 is 0 Å². The number of rotatable bonds is 7. The number of nitrogens with zero attached hydrogens (tertiary/aromatic N) is 1. The van der Waals surface area contributed by atoms with E-state index in [9.17, 15) is 5.11 Å². The Kier molecular flexibility index (Phi) is 6.30. The summed E-state index contributed by atoms with van der Waals surface area (Å²) < 4.78 is 10.7. The fourth-order valence-corrected chi connectivity index (χ4v) is 4.66. The molecule has 0 spiro atoms. The van der Waals surface area contributed by atoms with E-state index in [-0.39, 0.29) is 6.04 Å².